The number of rotatable bonds is 9. The van der Waals surface area contributed by atoms with E-state index in [1.807, 2.05) is 26.8 Å². The number of aromatic nitrogens is 1. The number of ether oxygens (including phenoxy) is 1. The average Bonchev–Trinajstić information content (AvgIpc) is 3.05. The van der Waals surface area contributed by atoms with Crippen molar-refractivity contribution in [3.63, 3.8) is 0 Å². The molecule has 33 heavy (non-hydrogen) atoms. The van der Waals surface area contributed by atoms with Gasteiger partial charge in [0.05, 0.1) is 0 Å². The summed E-state index contributed by atoms with van der Waals surface area (Å²) < 4.78 is 7.86. The molecule has 1 amide bonds. The number of carbonyl (C=O) groups excluding carboxylic acids is 1. The van der Waals surface area contributed by atoms with Gasteiger partial charge in [-0.05, 0) is 0 Å². The summed E-state index contributed by atoms with van der Waals surface area (Å²) in [5.74, 6) is 0. The zero-order chi connectivity index (χ0) is 24.2. The normalized spacial score (nSPS) is 12.9. The molecule has 1 aromatic heterocycles. The number of hydrogen-bond acceptors (Lipinski definition) is 3. The number of fused-ring (bicyclic) bond motifs is 3. The predicted octanol–water partition coefficient (Wildman–Crippen LogP) is 3.99. The average molecular weight is 585 g/mol. The minimum atomic E-state index is -0.506. The third kappa shape index (κ3) is 6.47. The van der Waals surface area contributed by atoms with Crippen molar-refractivity contribution in [1.82, 2.24) is 8.10 Å². The fraction of sp³-hybridized carbons (Fsp3) is 0.500. The third-order valence-electron chi connectivity index (χ3n) is 5.58. The molecule has 5 nitrogen and oxygen atoms in total. The van der Waals surface area contributed by atoms with Crippen LogP contribution >= 0.6 is 11.6 Å². The van der Waals surface area contributed by atoms with Crippen molar-refractivity contribution in [2.45, 2.75) is 71.9 Å². The van der Waals surface area contributed by atoms with Crippen LogP contribution in [0.3, 0.4) is 0 Å². The van der Waals surface area contributed by atoms with E-state index in [9.17, 15) is 4.79 Å². The molecule has 0 aliphatic rings. The fourth-order valence-electron chi connectivity index (χ4n) is 4.17. The maximum absolute atomic E-state index is 12.2. The van der Waals surface area contributed by atoms with Crippen LogP contribution in [0.2, 0.25) is 5.02 Å². The number of alkyl carbamates (subject to hydrolysis) is 1. The molecule has 0 saturated carbocycles. The van der Waals surface area contributed by atoms with Gasteiger partial charge in [-0.2, -0.15) is 0 Å². The SMILES string of the molecule is CCCC(CC)Nc1cc(CCNC(=O)OC(C)(C)C)c2c(c1)c1cc(Cl)ccc1n2[I-]C. The third-order valence-corrected chi connectivity index (χ3v) is 7.78. The minimum absolute atomic E-state index is 0.227. The molecule has 0 fully saturated rings. The molecule has 2 N–H and O–H groups in total. The number of alkyl halides is 1. The Balaban J connectivity index is 2.03. The van der Waals surface area contributed by atoms with Gasteiger partial charge in [-0.15, -0.1) is 0 Å². The van der Waals surface area contributed by atoms with E-state index in [0.29, 0.717) is 12.6 Å². The van der Waals surface area contributed by atoms with Crippen LogP contribution in [0.25, 0.3) is 21.8 Å². The molecule has 3 aromatic rings. The topological polar surface area (TPSA) is 55.3 Å². The second-order valence-electron chi connectivity index (χ2n) is 9.36. The molecule has 2 aromatic carbocycles. The number of benzene rings is 2. The van der Waals surface area contributed by atoms with E-state index in [2.05, 4.69) is 56.5 Å². The maximum atomic E-state index is 12.2. The van der Waals surface area contributed by atoms with E-state index in [1.54, 1.807) is 0 Å². The Labute approximate surface area is 213 Å². The zero-order valence-electron chi connectivity index (χ0n) is 20.5. The quantitative estimate of drug-likeness (QED) is 0.296. The number of halogens is 2. The molecule has 0 aliphatic heterocycles. The Morgan fingerprint density at radius 1 is 1.18 bits per heavy atom. The standard InChI is InChI=1S/C26H36ClIN3O2/c1-7-9-19(8-2)30-20-14-17(12-13-29-25(32)33-26(3,4)5)24-22(16-20)21-15-18(27)10-11-23(21)31(24)28-6/h10-11,14-16,19,30H,7-9,12-13H2,1-6H3,(H,29,32)/q-1. The van der Waals surface area contributed by atoms with Crippen molar-refractivity contribution >= 4 is 45.2 Å². The van der Waals surface area contributed by atoms with Crippen LogP contribution in [-0.2, 0) is 11.2 Å². The van der Waals surface area contributed by atoms with E-state index in [1.165, 1.54) is 27.4 Å². The van der Waals surface area contributed by atoms with Gasteiger partial charge in [0, 0.05) is 0 Å². The molecule has 1 unspecified atom stereocenters. The summed E-state index contributed by atoms with van der Waals surface area (Å²) in [6, 6.07) is 11.1. The number of carbonyl (C=O) groups is 1. The summed E-state index contributed by atoms with van der Waals surface area (Å²) in [7, 11) is 0. The van der Waals surface area contributed by atoms with Crippen LogP contribution in [-0.4, -0.2) is 32.0 Å². The number of nitrogens with one attached hydrogen (secondary N) is 2. The monoisotopic (exact) mass is 584 g/mol. The Morgan fingerprint density at radius 3 is 2.58 bits per heavy atom. The van der Waals surface area contributed by atoms with Crippen molar-refractivity contribution in [3.05, 3.63) is 40.9 Å². The van der Waals surface area contributed by atoms with Gasteiger partial charge in [-0.1, -0.05) is 0 Å². The van der Waals surface area contributed by atoms with E-state index in [0.717, 1.165) is 36.4 Å². The first-order valence-corrected chi connectivity index (χ1v) is 15.2. The zero-order valence-corrected chi connectivity index (χ0v) is 23.4. The second kappa shape index (κ2) is 11.2. The second-order valence-corrected chi connectivity index (χ2v) is 11.7. The van der Waals surface area contributed by atoms with Crippen molar-refractivity contribution < 1.29 is 31.0 Å². The van der Waals surface area contributed by atoms with Crippen LogP contribution in [0.4, 0.5) is 10.5 Å². The molecule has 3 rings (SSSR count). The van der Waals surface area contributed by atoms with E-state index in [4.69, 9.17) is 16.3 Å². The molecule has 1 heterocycles. The summed E-state index contributed by atoms with van der Waals surface area (Å²) in [5.41, 5.74) is 4.33. The van der Waals surface area contributed by atoms with Crippen molar-refractivity contribution in [2.24, 2.45) is 0 Å². The Morgan fingerprint density at radius 2 is 1.94 bits per heavy atom. The molecule has 0 saturated heterocycles. The first-order chi connectivity index (χ1) is 15.7. The van der Waals surface area contributed by atoms with Gasteiger partial charge in [-0.25, -0.2) is 0 Å². The van der Waals surface area contributed by atoms with Gasteiger partial charge in [0.15, 0.2) is 0 Å². The molecule has 0 radical (unpaired) electrons. The van der Waals surface area contributed by atoms with Gasteiger partial charge in [-0.3, -0.25) is 0 Å². The number of amides is 1. The summed E-state index contributed by atoms with van der Waals surface area (Å²) in [4.78, 5) is 14.5. The first kappa shape index (κ1) is 25.9. The van der Waals surface area contributed by atoms with E-state index < -0.39 is 5.60 Å². The van der Waals surface area contributed by atoms with E-state index >= 15 is 0 Å². The van der Waals surface area contributed by atoms with Crippen LogP contribution in [0.15, 0.2) is 30.3 Å². The Hall–Kier alpha value is -1.67. The number of nitrogens with zero attached hydrogens (tertiary/aromatic N) is 1. The van der Waals surface area contributed by atoms with Gasteiger partial charge in [0.2, 0.25) is 0 Å². The van der Waals surface area contributed by atoms with Crippen LogP contribution < -0.4 is 32.1 Å². The summed E-state index contributed by atoms with van der Waals surface area (Å²) >= 11 is 6.17. The van der Waals surface area contributed by atoms with Gasteiger partial charge in [0.1, 0.15) is 0 Å². The van der Waals surface area contributed by atoms with Gasteiger partial charge in [0.25, 0.3) is 0 Å². The molecular weight excluding hydrogens is 549 g/mol. The molecule has 182 valence electrons. The molecule has 0 aliphatic carbocycles. The molecular formula is C26H36ClIN3O2-. The fourth-order valence-corrected chi connectivity index (χ4v) is 6.34. The summed E-state index contributed by atoms with van der Waals surface area (Å²) in [5, 5.41) is 9.83. The molecule has 1 atom stereocenters. The Kier molecular flexibility index (Phi) is 8.78. The van der Waals surface area contributed by atoms with Crippen LogP contribution in [0, 0.1) is 0 Å². The first-order valence-electron chi connectivity index (χ1n) is 11.7. The number of anilines is 1. The molecule has 0 bridgehead atoms. The van der Waals surface area contributed by atoms with Crippen molar-refractivity contribution in [2.75, 3.05) is 16.8 Å². The molecule has 0 spiro atoms. The molecule has 7 heteroatoms. The van der Waals surface area contributed by atoms with Gasteiger partial charge < -0.3 is 0 Å². The van der Waals surface area contributed by atoms with Crippen LogP contribution in [0.5, 0.6) is 0 Å². The predicted molar refractivity (Wildman–Crippen MR) is 136 cm³/mol. The van der Waals surface area contributed by atoms with Gasteiger partial charge >= 0.3 is 214 Å². The Bertz CT molecular complexity index is 1120. The van der Waals surface area contributed by atoms with Crippen LogP contribution in [0.1, 0.15) is 59.4 Å². The van der Waals surface area contributed by atoms with Crippen molar-refractivity contribution in [1.29, 1.82) is 0 Å². The number of hydrogen-bond donors (Lipinski definition) is 2. The van der Waals surface area contributed by atoms with E-state index in [-0.39, 0.29) is 27.6 Å². The summed E-state index contributed by atoms with van der Waals surface area (Å²) in [6.45, 7) is 10.6. The summed E-state index contributed by atoms with van der Waals surface area (Å²) in [6.07, 6.45) is 3.71. The van der Waals surface area contributed by atoms with Crippen molar-refractivity contribution in [3.8, 4) is 0 Å².